The molecule has 0 fully saturated rings. The Morgan fingerprint density at radius 1 is 1.26 bits per heavy atom. The average molecular weight is 458 g/mol. The molecule has 0 aliphatic carbocycles. The summed E-state index contributed by atoms with van der Waals surface area (Å²) in [6, 6.07) is 0.956. The van der Waals surface area contributed by atoms with Crippen LogP contribution in [0.3, 0.4) is 0 Å². The molecule has 2 aromatic rings. The third-order valence-corrected chi connectivity index (χ3v) is 4.78. The Labute approximate surface area is 159 Å². The van der Waals surface area contributed by atoms with Crippen molar-refractivity contribution in [2.24, 2.45) is 0 Å². The lowest BCUT2D eigenvalue weighted by Gasteiger charge is -2.08. The molecule has 2 heterocycles. The smallest absolute Gasteiger partial charge is 0.354 e. The van der Waals surface area contributed by atoms with Gasteiger partial charge in [0, 0.05) is 18.8 Å². The van der Waals surface area contributed by atoms with Crippen molar-refractivity contribution >= 4 is 21.8 Å². The fourth-order valence-corrected chi connectivity index (χ4v) is 2.82. The molecule has 0 aliphatic heterocycles. The van der Waals surface area contributed by atoms with Gasteiger partial charge in [-0.2, -0.15) is 23.4 Å². The minimum absolute atomic E-state index is 0.153. The van der Waals surface area contributed by atoms with Gasteiger partial charge in [0.15, 0.2) is 5.69 Å². The van der Waals surface area contributed by atoms with Crippen LogP contribution in [0.1, 0.15) is 35.6 Å². The van der Waals surface area contributed by atoms with Crippen LogP contribution in [0.2, 0.25) is 0 Å². The van der Waals surface area contributed by atoms with Gasteiger partial charge in [-0.1, -0.05) is 0 Å². The number of aryl methyl sites for hydroxylation is 2. The molecule has 1 N–H and O–H groups in total. The summed E-state index contributed by atoms with van der Waals surface area (Å²) in [5, 5.41) is 9.77. The number of hydrogen-bond donors (Lipinski definition) is 1. The van der Waals surface area contributed by atoms with Crippen LogP contribution in [-0.2, 0) is 24.1 Å². The van der Waals surface area contributed by atoms with Crippen molar-refractivity contribution < 1.29 is 26.7 Å². The number of rotatable bonds is 7. The summed E-state index contributed by atoms with van der Waals surface area (Å²) >= 11 is 3.02. The van der Waals surface area contributed by atoms with Crippen LogP contribution in [-0.4, -0.2) is 32.0 Å². The molecule has 2 rings (SSSR count). The molecule has 0 spiro atoms. The van der Waals surface area contributed by atoms with E-state index in [4.69, 9.17) is 0 Å². The summed E-state index contributed by atoms with van der Waals surface area (Å²) in [6.45, 7) is 3.22. The SMILES string of the molecule is Cc1cc(C(F)(F)F)nn1CCCNC(=O)Cn1nc(C(F)F)c(Br)c1C. The van der Waals surface area contributed by atoms with Gasteiger partial charge in [-0.25, -0.2) is 8.78 Å². The molecule has 0 saturated heterocycles. The van der Waals surface area contributed by atoms with E-state index < -0.39 is 29.9 Å². The first-order valence-electron chi connectivity index (χ1n) is 7.90. The highest BCUT2D eigenvalue weighted by molar-refractivity contribution is 9.10. The van der Waals surface area contributed by atoms with Crippen molar-refractivity contribution in [3.8, 4) is 0 Å². The molecule has 0 atom stereocenters. The number of halogens is 6. The van der Waals surface area contributed by atoms with Gasteiger partial charge in [-0.15, -0.1) is 0 Å². The van der Waals surface area contributed by atoms with E-state index in [-0.39, 0.29) is 24.1 Å². The van der Waals surface area contributed by atoms with Crippen LogP contribution >= 0.6 is 15.9 Å². The van der Waals surface area contributed by atoms with E-state index in [1.165, 1.54) is 11.6 Å². The van der Waals surface area contributed by atoms with Crippen molar-refractivity contribution in [2.45, 2.75) is 46.0 Å². The molecule has 0 aromatic carbocycles. The second-order valence-corrected chi connectivity index (χ2v) is 6.63. The topological polar surface area (TPSA) is 64.7 Å². The number of alkyl halides is 5. The molecule has 150 valence electrons. The number of amides is 1. The largest absolute Gasteiger partial charge is 0.435 e. The summed E-state index contributed by atoms with van der Waals surface area (Å²) in [5.74, 6) is -0.443. The first-order chi connectivity index (χ1) is 12.5. The minimum atomic E-state index is -4.50. The molecule has 0 aliphatic rings. The first-order valence-corrected chi connectivity index (χ1v) is 8.69. The zero-order valence-electron chi connectivity index (χ0n) is 14.4. The number of carbonyl (C=O) groups excluding carboxylic acids is 1. The van der Waals surface area contributed by atoms with Gasteiger partial charge in [-0.05, 0) is 42.3 Å². The Kier molecular flexibility index (Phi) is 6.60. The molecular weight excluding hydrogens is 441 g/mol. The van der Waals surface area contributed by atoms with Crippen molar-refractivity contribution in [1.29, 1.82) is 0 Å². The van der Waals surface area contributed by atoms with E-state index in [0.29, 0.717) is 17.8 Å². The zero-order valence-corrected chi connectivity index (χ0v) is 16.0. The molecular formula is C15H17BrF5N5O. The van der Waals surface area contributed by atoms with Crippen molar-refractivity contribution in [1.82, 2.24) is 24.9 Å². The quantitative estimate of drug-likeness (QED) is 0.510. The van der Waals surface area contributed by atoms with Gasteiger partial charge < -0.3 is 5.32 Å². The third-order valence-electron chi connectivity index (χ3n) is 3.80. The zero-order chi connectivity index (χ0) is 20.4. The number of nitrogens with one attached hydrogen (secondary N) is 1. The van der Waals surface area contributed by atoms with Gasteiger partial charge in [0.05, 0.1) is 10.2 Å². The van der Waals surface area contributed by atoms with Crippen LogP contribution in [0.15, 0.2) is 10.5 Å². The number of carbonyl (C=O) groups is 1. The lowest BCUT2D eigenvalue weighted by molar-refractivity contribution is -0.141. The molecule has 0 unspecified atom stereocenters. The Morgan fingerprint density at radius 2 is 1.93 bits per heavy atom. The summed E-state index contributed by atoms with van der Waals surface area (Å²) in [6.07, 6.45) is -6.91. The highest BCUT2D eigenvalue weighted by Crippen LogP contribution is 2.29. The van der Waals surface area contributed by atoms with Crippen LogP contribution in [0, 0.1) is 13.8 Å². The van der Waals surface area contributed by atoms with Crippen LogP contribution in [0.5, 0.6) is 0 Å². The number of aromatic nitrogens is 4. The van der Waals surface area contributed by atoms with E-state index in [0.717, 1.165) is 10.7 Å². The van der Waals surface area contributed by atoms with Crippen molar-refractivity contribution in [2.75, 3.05) is 6.54 Å². The van der Waals surface area contributed by atoms with Gasteiger partial charge in [-0.3, -0.25) is 14.2 Å². The summed E-state index contributed by atoms with van der Waals surface area (Å²) in [7, 11) is 0. The fourth-order valence-electron chi connectivity index (χ4n) is 2.36. The molecule has 12 heteroatoms. The summed E-state index contributed by atoms with van der Waals surface area (Å²) in [5.41, 5.74) is -0.633. The lowest BCUT2D eigenvalue weighted by Crippen LogP contribution is -2.29. The second kappa shape index (κ2) is 8.36. The van der Waals surface area contributed by atoms with Crippen LogP contribution in [0.4, 0.5) is 22.0 Å². The normalized spacial score (nSPS) is 12.0. The monoisotopic (exact) mass is 457 g/mol. The Bertz CT molecular complexity index is 814. The highest BCUT2D eigenvalue weighted by atomic mass is 79.9. The van der Waals surface area contributed by atoms with Crippen LogP contribution < -0.4 is 5.32 Å². The minimum Gasteiger partial charge on any atom is -0.354 e. The molecule has 1 amide bonds. The third kappa shape index (κ3) is 5.27. The number of nitrogens with zero attached hydrogens (tertiary/aromatic N) is 4. The molecule has 2 aromatic heterocycles. The highest BCUT2D eigenvalue weighted by Gasteiger charge is 2.34. The Morgan fingerprint density at radius 3 is 2.44 bits per heavy atom. The Balaban J connectivity index is 1.84. The van der Waals surface area contributed by atoms with Gasteiger partial charge in [0.25, 0.3) is 6.43 Å². The van der Waals surface area contributed by atoms with Crippen molar-refractivity contribution in [3.63, 3.8) is 0 Å². The van der Waals surface area contributed by atoms with E-state index in [9.17, 15) is 26.7 Å². The standard InChI is InChI=1S/C15H17BrF5N5O/c1-8-6-10(15(19,20)21)23-25(8)5-3-4-22-11(27)7-26-9(2)12(16)13(24-26)14(17)18/h6,14H,3-5,7H2,1-2H3,(H,22,27). The van der Waals surface area contributed by atoms with Gasteiger partial charge in [0.1, 0.15) is 12.2 Å². The van der Waals surface area contributed by atoms with E-state index in [1.807, 2.05) is 0 Å². The average Bonchev–Trinajstić information content (AvgIpc) is 3.06. The van der Waals surface area contributed by atoms with E-state index >= 15 is 0 Å². The molecule has 27 heavy (non-hydrogen) atoms. The summed E-state index contributed by atoms with van der Waals surface area (Å²) < 4.78 is 65.9. The van der Waals surface area contributed by atoms with Crippen LogP contribution in [0.25, 0.3) is 0 Å². The van der Waals surface area contributed by atoms with Crippen molar-refractivity contribution in [3.05, 3.63) is 33.3 Å². The maximum absolute atomic E-state index is 12.8. The predicted molar refractivity (Wildman–Crippen MR) is 89.2 cm³/mol. The van der Waals surface area contributed by atoms with Gasteiger partial charge >= 0.3 is 6.18 Å². The molecule has 0 bridgehead atoms. The predicted octanol–water partition coefficient (Wildman–Crippen LogP) is 3.62. The second-order valence-electron chi connectivity index (χ2n) is 5.84. The first kappa shape index (κ1) is 21.3. The van der Waals surface area contributed by atoms with Gasteiger partial charge in [0.2, 0.25) is 5.91 Å². The molecule has 0 radical (unpaired) electrons. The molecule has 6 nitrogen and oxygen atoms in total. The lowest BCUT2D eigenvalue weighted by atomic mass is 10.3. The Hall–Kier alpha value is -1.98. The van der Waals surface area contributed by atoms with E-state index in [2.05, 4.69) is 31.4 Å². The summed E-state index contributed by atoms with van der Waals surface area (Å²) in [4.78, 5) is 11.9. The van der Waals surface area contributed by atoms with E-state index in [1.54, 1.807) is 6.92 Å². The maximum atomic E-state index is 12.8. The number of hydrogen-bond acceptors (Lipinski definition) is 3. The maximum Gasteiger partial charge on any atom is 0.435 e. The molecule has 0 saturated carbocycles. The fraction of sp³-hybridized carbons (Fsp3) is 0.533.